The summed E-state index contributed by atoms with van der Waals surface area (Å²) in [5, 5.41) is 2.60. The van der Waals surface area contributed by atoms with Crippen LogP contribution < -0.4 is 0 Å². The first-order valence-corrected chi connectivity index (χ1v) is 9.59. The first-order valence-electron chi connectivity index (χ1n) is 8.33. The van der Waals surface area contributed by atoms with Crippen LogP contribution in [0.15, 0.2) is 52.4 Å². The highest BCUT2D eigenvalue weighted by atomic mass is 35.5. The molecule has 3 aromatic rings. The molecule has 1 aliphatic rings. The third kappa shape index (κ3) is 3.67. The number of ether oxygens (including phenoxy) is 1. The van der Waals surface area contributed by atoms with Gasteiger partial charge >= 0.3 is 0 Å². The molecule has 0 bridgehead atoms. The van der Waals surface area contributed by atoms with Crippen LogP contribution in [-0.4, -0.2) is 35.5 Å². The molecule has 1 aromatic carbocycles. The molecule has 1 fully saturated rings. The Balaban J connectivity index is 1.45. The van der Waals surface area contributed by atoms with Crippen molar-refractivity contribution in [3.05, 3.63) is 75.1 Å². The summed E-state index contributed by atoms with van der Waals surface area (Å²) in [4.78, 5) is 19.4. The summed E-state index contributed by atoms with van der Waals surface area (Å²) >= 11 is 7.65. The first kappa shape index (κ1) is 17.3. The number of oxazole rings is 1. The number of thiophene rings is 1. The molecule has 0 spiro atoms. The molecule has 1 amide bonds. The SMILES string of the molecule is O=C(c1cccs1)N1CCO[C@H](c2ncc(Cc3ccccc3Cl)o2)C1. The number of hydrogen-bond acceptors (Lipinski definition) is 5. The minimum absolute atomic E-state index is 0.0242. The number of rotatable bonds is 4. The number of morpholine rings is 1. The average Bonchev–Trinajstić information content (AvgIpc) is 3.35. The second-order valence-electron chi connectivity index (χ2n) is 6.02. The highest BCUT2D eigenvalue weighted by Crippen LogP contribution is 2.26. The molecule has 1 saturated heterocycles. The van der Waals surface area contributed by atoms with Crippen molar-refractivity contribution in [2.75, 3.05) is 19.7 Å². The topological polar surface area (TPSA) is 55.6 Å². The van der Waals surface area contributed by atoms with E-state index in [2.05, 4.69) is 4.98 Å². The molecular formula is C19H17ClN2O3S. The van der Waals surface area contributed by atoms with E-state index in [1.165, 1.54) is 11.3 Å². The largest absolute Gasteiger partial charge is 0.442 e. The molecular weight excluding hydrogens is 372 g/mol. The molecule has 0 radical (unpaired) electrons. The number of benzene rings is 1. The van der Waals surface area contributed by atoms with Crippen LogP contribution in [0.25, 0.3) is 0 Å². The molecule has 1 aliphatic heterocycles. The highest BCUT2D eigenvalue weighted by molar-refractivity contribution is 7.12. The highest BCUT2D eigenvalue weighted by Gasteiger charge is 2.29. The average molecular weight is 389 g/mol. The quantitative estimate of drug-likeness (QED) is 0.672. The van der Waals surface area contributed by atoms with E-state index in [1.807, 2.05) is 41.8 Å². The zero-order valence-electron chi connectivity index (χ0n) is 13.9. The van der Waals surface area contributed by atoms with Crippen LogP contribution in [0.1, 0.15) is 33.0 Å². The van der Waals surface area contributed by atoms with Gasteiger partial charge in [0, 0.05) is 18.0 Å². The third-order valence-electron chi connectivity index (χ3n) is 4.26. The Hall–Kier alpha value is -2.15. The number of halogens is 1. The van der Waals surface area contributed by atoms with Gasteiger partial charge in [0.2, 0.25) is 5.89 Å². The second-order valence-corrected chi connectivity index (χ2v) is 7.38. The van der Waals surface area contributed by atoms with Crippen molar-refractivity contribution in [2.24, 2.45) is 0 Å². The Bertz CT molecular complexity index is 894. The Kier molecular flexibility index (Phi) is 5.06. The van der Waals surface area contributed by atoms with Crippen LogP contribution in [0.3, 0.4) is 0 Å². The fraction of sp³-hybridized carbons (Fsp3) is 0.263. The molecule has 7 heteroatoms. The smallest absolute Gasteiger partial charge is 0.264 e. The van der Waals surface area contributed by atoms with Crippen LogP contribution in [-0.2, 0) is 11.2 Å². The van der Waals surface area contributed by atoms with Crippen LogP contribution in [0.4, 0.5) is 0 Å². The van der Waals surface area contributed by atoms with Crippen LogP contribution in [0.2, 0.25) is 5.02 Å². The lowest BCUT2D eigenvalue weighted by molar-refractivity contribution is -0.0347. The van der Waals surface area contributed by atoms with E-state index >= 15 is 0 Å². The van der Waals surface area contributed by atoms with Gasteiger partial charge in [-0.05, 0) is 23.1 Å². The molecule has 0 unspecified atom stereocenters. The number of carbonyl (C=O) groups excluding carboxylic acids is 1. The zero-order chi connectivity index (χ0) is 17.9. The van der Waals surface area contributed by atoms with Gasteiger partial charge in [0.05, 0.1) is 24.2 Å². The van der Waals surface area contributed by atoms with Crippen molar-refractivity contribution in [3.63, 3.8) is 0 Å². The zero-order valence-corrected chi connectivity index (χ0v) is 15.5. The van der Waals surface area contributed by atoms with E-state index in [-0.39, 0.29) is 12.0 Å². The van der Waals surface area contributed by atoms with Crippen molar-refractivity contribution in [3.8, 4) is 0 Å². The summed E-state index contributed by atoms with van der Waals surface area (Å²) in [7, 11) is 0. The van der Waals surface area contributed by atoms with Gasteiger partial charge in [-0.15, -0.1) is 11.3 Å². The monoisotopic (exact) mass is 388 g/mol. The fourth-order valence-corrected chi connectivity index (χ4v) is 3.82. The molecule has 1 atom stereocenters. The maximum atomic E-state index is 12.5. The summed E-state index contributed by atoms with van der Waals surface area (Å²) in [6.45, 7) is 1.47. The van der Waals surface area contributed by atoms with Crippen molar-refractivity contribution < 1.29 is 13.9 Å². The maximum absolute atomic E-state index is 12.5. The number of hydrogen-bond donors (Lipinski definition) is 0. The molecule has 26 heavy (non-hydrogen) atoms. The normalized spacial score (nSPS) is 17.4. The first-order chi connectivity index (χ1) is 12.7. The number of aromatic nitrogens is 1. The lowest BCUT2D eigenvalue weighted by atomic mass is 10.1. The molecule has 3 heterocycles. The minimum Gasteiger partial charge on any atom is -0.442 e. The van der Waals surface area contributed by atoms with Crippen LogP contribution >= 0.6 is 22.9 Å². The summed E-state index contributed by atoms with van der Waals surface area (Å²) < 4.78 is 11.6. The van der Waals surface area contributed by atoms with Crippen molar-refractivity contribution in [2.45, 2.75) is 12.5 Å². The van der Waals surface area contributed by atoms with Gasteiger partial charge in [0.15, 0.2) is 6.10 Å². The van der Waals surface area contributed by atoms with Crippen molar-refractivity contribution >= 4 is 28.8 Å². The lowest BCUT2D eigenvalue weighted by Gasteiger charge is -2.31. The summed E-state index contributed by atoms with van der Waals surface area (Å²) in [6, 6.07) is 11.4. The number of nitrogens with zero attached hydrogens (tertiary/aromatic N) is 2. The van der Waals surface area contributed by atoms with Gasteiger partial charge < -0.3 is 14.1 Å². The van der Waals surface area contributed by atoms with Crippen molar-refractivity contribution in [1.29, 1.82) is 0 Å². The maximum Gasteiger partial charge on any atom is 0.264 e. The Morgan fingerprint density at radius 3 is 3.00 bits per heavy atom. The summed E-state index contributed by atoms with van der Waals surface area (Å²) in [5.41, 5.74) is 0.982. The lowest BCUT2D eigenvalue weighted by Crippen LogP contribution is -2.42. The van der Waals surface area contributed by atoms with Gasteiger partial charge in [-0.3, -0.25) is 4.79 Å². The Labute approximate surface area is 160 Å². The van der Waals surface area contributed by atoms with E-state index in [9.17, 15) is 4.79 Å². The van der Waals surface area contributed by atoms with Gasteiger partial charge in [0.1, 0.15) is 5.76 Å². The number of carbonyl (C=O) groups is 1. The number of amides is 1. The van der Waals surface area contributed by atoms with E-state index < -0.39 is 0 Å². The fourth-order valence-electron chi connectivity index (χ4n) is 2.92. The second kappa shape index (κ2) is 7.61. The molecule has 2 aromatic heterocycles. The van der Waals surface area contributed by atoms with E-state index in [0.29, 0.717) is 37.0 Å². The standard InChI is InChI=1S/C19H17ClN2O3S/c20-15-5-2-1-4-13(15)10-14-11-21-18(25-14)16-12-22(7-8-24-16)19(23)17-6-3-9-26-17/h1-6,9,11,16H,7-8,10,12H2/t16-/m0/s1. The summed E-state index contributed by atoms with van der Waals surface area (Å²) in [6.07, 6.45) is 1.91. The van der Waals surface area contributed by atoms with Gasteiger partial charge in [-0.1, -0.05) is 35.9 Å². The molecule has 0 N–H and O–H groups in total. The predicted octanol–water partition coefficient (Wildman–Crippen LogP) is 4.19. The molecule has 134 valence electrons. The Morgan fingerprint density at radius 2 is 2.19 bits per heavy atom. The van der Waals surface area contributed by atoms with Gasteiger partial charge in [-0.2, -0.15) is 0 Å². The Morgan fingerprint density at radius 1 is 1.31 bits per heavy atom. The third-order valence-corrected chi connectivity index (χ3v) is 5.48. The molecule has 4 rings (SSSR count). The van der Waals surface area contributed by atoms with E-state index in [1.54, 1.807) is 11.1 Å². The van der Waals surface area contributed by atoms with Crippen LogP contribution in [0.5, 0.6) is 0 Å². The molecule has 0 saturated carbocycles. The molecule has 5 nitrogen and oxygen atoms in total. The van der Waals surface area contributed by atoms with Crippen LogP contribution in [0, 0.1) is 0 Å². The van der Waals surface area contributed by atoms with E-state index in [0.717, 1.165) is 16.2 Å². The van der Waals surface area contributed by atoms with Crippen molar-refractivity contribution in [1.82, 2.24) is 9.88 Å². The summed E-state index contributed by atoms with van der Waals surface area (Å²) in [5.74, 6) is 1.24. The minimum atomic E-state index is -0.354. The van der Waals surface area contributed by atoms with Gasteiger partial charge in [-0.25, -0.2) is 4.98 Å². The predicted molar refractivity (Wildman–Crippen MR) is 99.7 cm³/mol. The molecule has 0 aliphatic carbocycles. The van der Waals surface area contributed by atoms with Gasteiger partial charge in [0.25, 0.3) is 5.91 Å². The van der Waals surface area contributed by atoms with E-state index in [4.69, 9.17) is 20.8 Å².